The van der Waals surface area contributed by atoms with Gasteiger partial charge in [0.05, 0.1) is 45.8 Å². The fraction of sp³-hybridized carbons (Fsp3) is 0. The summed E-state index contributed by atoms with van der Waals surface area (Å²) in [6, 6.07) is 33.0. The topological polar surface area (TPSA) is 212 Å². The molecule has 12 nitrogen and oxygen atoms in total. The predicted molar refractivity (Wildman–Crippen MR) is 223 cm³/mol. The van der Waals surface area contributed by atoms with Crippen molar-refractivity contribution in [2.24, 2.45) is 0 Å². The molecule has 0 fully saturated rings. The van der Waals surface area contributed by atoms with Gasteiger partial charge in [0, 0.05) is 44.3 Å². The van der Waals surface area contributed by atoms with Crippen LogP contribution in [0.4, 0.5) is 0 Å². The van der Waals surface area contributed by atoms with Gasteiger partial charge in [-0.05, 0) is 106 Å². The van der Waals surface area contributed by atoms with E-state index in [9.17, 15) is 39.6 Å². The zero-order valence-corrected chi connectivity index (χ0v) is 33.7. The van der Waals surface area contributed by atoms with Gasteiger partial charge in [-0.1, -0.05) is 72.8 Å². The van der Waals surface area contributed by atoms with E-state index in [2.05, 4.69) is 9.97 Å². The molecule has 7 aromatic rings. The molecule has 2 aliphatic heterocycles. The first-order valence-corrected chi connectivity index (χ1v) is 18.5. The van der Waals surface area contributed by atoms with E-state index in [4.69, 9.17) is 9.97 Å². The average molecular weight is 984 g/mol. The van der Waals surface area contributed by atoms with Crippen LogP contribution in [0.1, 0.15) is 64.2 Å². The number of hydrogen-bond acceptors (Lipinski definition) is 8. The number of nitrogens with zero attached hydrogens (tertiary/aromatic N) is 2. The number of aromatic amines is 2. The van der Waals surface area contributed by atoms with E-state index >= 15 is 0 Å². The maximum Gasteiger partial charge on any atom is 2.00 e. The normalized spacial score (nSPS) is 11.5. The number of hydrogen-bond donors (Lipinski definition) is 4. The van der Waals surface area contributed by atoms with Gasteiger partial charge in [0.25, 0.3) is 0 Å². The minimum atomic E-state index is -1.32. The SMILES string of the molecule is O=C([O-])c1ccc(-c2c3nc(c(-c4ccc(C(=O)[O-])cc4)c4ccc([nH]4)c(-c4ccc(C(=O)O)cc4)c4ccc([nH]4)c(-c4ccc(C(=O)O)cc4)c4nc2C=C4)C=C3)cc1.[Pt+2]. The van der Waals surface area contributed by atoms with Crippen molar-refractivity contribution < 1.29 is 60.7 Å². The number of aromatic nitrogens is 4. The van der Waals surface area contributed by atoms with Gasteiger partial charge in [-0.25, -0.2) is 19.6 Å². The Kier molecular flexibility index (Phi) is 10.5. The van der Waals surface area contributed by atoms with Crippen LogP contribution in [0.2, 0.25) is 0 Å². The van der Waals surface area contributed by atoms with Crippen LogP contribution in [-0.4, -0.2) is 54.0 Å². The van der Waals surface area contributed by atoms with Gasteiger partial charge in [-0.2, -0.15) is 0 Å². The van der Waals surface area contributed by atoms with Gasteiger partial charge in [0.1, 0.15) is 0 Å². The molecule has 0 unspecified atom stereocenters. The molecule has 9 rings (SSSR count). The third-order valence-electron chi connectivity index (χ3n) is 10.4. The molecule has 0 saturated carbocycles. The van der Waals surface area contributed by atoms with Gasteiger partial charge in [-0.3, -0.25) is 0 Å². The second-order valence-electron chi connectivity index (χ2n) is 14.0. The molecule has 61 heavy (non-hydrogen) atoms. The first kappa shape index (κ1) is 39.9. The number of nitrogens with one attached hydrogen (secondary N) is 2. The van der Waals surface area contributed by atoms with Crippen molar-refractivity contribution in [3.05, 3.63) is 166 Å². The summed E-state index contributed by atoms with van der Waals surface area (Å²) < 4.78 is 0. The second-order valence-corrected chi connectivity index (χ2v) is 14.0. The Morgan fingerprint density at radius 2 is 0.639 bits per heavy atom. The van der Waals surface area contributed by atoms with Crippen LogP contribution in [-0.2, 0) is 21.1 Å². The average Bonchev–Trinajstić information content (AvgIpc) is 4.10. The summed E-state index contributed by atoms with van der Waals surface area (Å²) >= 11 is 0. The molecular weight excluding hydrogens is 956 g/mol. The molecule has 0 saturated heterocycles. The van der Waals surface area contributed by atoms with Crippen LogP contribution in [0.25, 0.3) is 90.9 Å². The van der Waals surface area contributed by atoms with Crippen LogP contribution in [0, 0.1) is 0 Å². The van der Waals surface area contributed by atoms with E-state index < -0.39 is 23.9 Å². The third kappa shape index (κ3) is 7.48. The predicted octanol–water partition coefficient (Wildman–Crippen LogP) is 7.44. The number of aromatic carboxylic acids is 4. The molecule has 8 bridgehead atoms. The van der Waals surface area contributed by atoms with Crippen LogP contribution in [0.3, 0.4) is 0 Å². The number of rotatable bonds is 8. The minimum Gasteiger partial charge on any atom is -0.545 e. The van der Waals surface area contributed by atoms with E-state index in [1.807, 2.05) is 48.6 Å². The first-order valence-electron chi connectivity index (χ1n) is 18.5. The molecule has 2 aliphatic rings. The third-order valence-corrected chi connectivity index (χ3v) is 10.4. The molecule has 0 spiro atoms. The number of carboxylic acids is 4. The van der Waals surface area contributed by atoms with Crippen molar-refractivity contribution in [1.29, 1.82) is 0 Å². The summed E-state index contributed by atoms with van der Waals surface area (Å²) in [7, 11) is 0. The fourth-order valence-electron chi connectivity index (χ4n) is 7.53. The summed E-state index contributed by atoms with van der Waals surface area (Å²) in [4.78, 5) is 64.5. The Morgan fingerprint density at radius 1 is 0.377 bits per heavy atom. The summed E-state index contributed by atoms with van der Waals surface area (Å²) in [6.07, 6.45) is 7.34. The number of carbonyl (C=O) groups excluding carboxylic acids is 2. The number of fused-ring (bicyclic) bond motifs is 8. The second kappa shape index (κ2) is 16.0. The van der Waals surface area contributed by atoms with E-state index in [-0.39, 0.29) is 43.3 Å². The molecule has 298 valence electrons. The van der Waals surface area contributed by atoms with Gasteiger partial charge in [0.15, 0.2) is 0 Å². The molecule has 13 heteroatoms. The quantitative estimate of drug-likeness (QED) is 0.118. The molecule has 4 aromatic carbocycles. The molecule has 0 amide bonds. The minimum absolute atomic E-state index is 0. The van der Waals surface area contributed by atoms with Crippen molar-refractivity contribution in [3.63, 3.8) is 0 Å². The first-order chi connectivity index (χ1) is 29.0. The van der Waals surface area contributed by atoms with Gasteiger partial charge in [-0.15, -0.1) is 0 Å². The van der Waals surface area contributed by atoms with E-state index in [0.717, 1.165) is 0 Å². The largest absolute Gasteiger partial charge is 2.00 e. The van der Waals surface area contributed by atoms with Crippen molar-refractivity contribution in [2.75, 3.05) is 0 Å². The Balaban J connectivity index is 0.00000514. The van der Waals surface area contributed by atoms with Crippen molar-refractivity contribution in [1.82, 2.24) is 19.9 Å². The van der Waals surface area contributed by atoms with Gasteiger partial charge in [0.2, 0.25) is 0 Å². The number of benzene rings is 4. The van der Waals surface area contributed by atoms with E-state index in [1.165, 1.54) is 48.5 Å². The fourth-order valence-corrected chi connectivity index (χ4v) is 7.53. The molecule has 3 aromatic heterocycles. The Bertz CT molecular complexity index is 3030. The zero-order valence-electron chi connectivity index (χ0n) is 31.4. The molecule has 0 radical (unpaired) electrons. The van der Waals surface area contributed by atoms with Crippen LogP contribution >= 0.6 is 0 Å². The smallest absolute Gasteiger partial charge is 0.545 e. The molecular formula is C48H28N4O8Pt. The standard InChI is InChI=1S/C48H30N4O8.Pt/c53-45(54)29-9-1-25(2-10-29)41-33-17-19-35(49-33)42(26-3-11-30(12-4-26)46(55)56)37-21-23-39(51-37)44(28-7-15-32(16-8-28)48(59)60)40-24-22-38(52-40)43(36-20-18-34(41)50-36)27-5-13-31(14-6-27)47(57)58;/h1-24,49-50H,(H,53,54)(H,55,56)(H,57,58)(H,59,60);/q;+2/p-2. The Morgan fingerprint density at radius 3 is 0.951 bits per heavy atom. The number of carbonyl (C=O) groups is 4. The van der Waals surface area contributed by atoms with Crippen LogP contribution < -0.4 is 10.2 Å². The maximum atomic E-state index is 11.8. The van der Waals surface area contributed by atoms with Gasteiger partial charge < -0.3 is 40.0 Å². The summed E-state index contributed by atoms with van der Waals surface area (Å²) in [5.74, 6) is -4.78. The van der Waals surface area contributed by atoms with Crippen LogP contribution in [0.15, 0.2) is 121 Å². The van der Waals surface area contributed by atoms with Crippen molar-refractivity contribution in [2.45, 2.75) is 0 Å². The Labute approximate surface area is 360 Å². The van der Waals surface area contributed by atoms with Crippen LogP contribution in [0.5, 0.6) is 0 Å². The van der Waals surface area contributed by atoms with Gasteiger partial charge >= 0.3 is 33.0 Å². The number of H-pyrrole nitrogens is 2. The van der Waals surface area contributed by atoms with Crippen molar-refractivity contribution in [3.8, 4) is 44.5 Å². The molecule has 4 N–H and O–H groups in total. The maximum absolute atomic E-state index is 11.8. The summed E-state index contributed by atoms with van der Waals surface area (Å²) in [5, 5.41) is 42.8. The summed E-state index contributed by atoms with van der Waals surface area (Å²) in [6.45, 7) is 0. The zero-order chi connectivity index (χ0) is 41.7. The van der Waals surface area contributed by atoms with E-state index in [0.29, 0.717) is 89.4 Å². The number of carboxylic acid groups (broad SMARTS) is 4. The van der Waals surface area contributed by atoms with Crippen molar-refractivity contribution >= 4 is 70.2 Å². The molecule has 5 heterocycles. The molecule has 0 atom stereocenters. The monoisotopic (exact) mass is 983 g/mol. The Hall–Kier alpha value is -7.95. The summed E-state index contributed by atoms with van der Waals surface area (Å²) in [5.41, 5.74) is 10.1. The molecule has 0 aliphatic carbocycles. The van der Waals surface area contributed by atoms with E-state index in [1.54, 1.807) is 48.5 Å².